The molecule has 1 aromatic rings. The van der Waals surface area contributed by atoms with Gasteiger partial charge >= 0.3 is 0 Å². The largest absolute Gasteiger partial charge is 0.497 e. The Bertz CT molecular complexity index is 840. The maximum absolute atomic E-state index is 9.49. The van der Waals surface area contributed by atoms with Gasteiger partial charge < -0.3 is 16.2 Å². The summed E-state index contributed by atoms with van der Waals surface area (Å²) in [5.41, 5.74) is 13.1. The molecular formula is C15H12N6OS. The van der Waals surface area contributed by atoms with Crippen LogP contribution in [0.15, 0.2) is 51.4 Å². The summed E-state index contributed by atoms with van der Waals surface area (Å²) in [6.45, 7) is 0. The Balaban J connectivity index is 2.14. The van der Waals surface area contributed by atoms with Crippen LogP contribution >= 0.6 is 11.8 Å². The number of thioether (sulfide) groups is 1. The van der Waals surface area contributed by atoms with E-state index in [1.54, 1.807) is 24.1 Å². The summed E-state index contributed by atoms with van der Waals surface area (Å²) in [4.78, 5) is 6.21. The Hall–Kier alpha value is -3.10. The minimum atomic E-state index is -0.517. The molecule has 4 N–H and O–H groups in total. The number of methoxy groups -OCH3 is 1. The number of hydrogen-bond acceptors (Lipinski definition) is 8. The van der Waals surface area contributed by atoms with Crippen LogP contribution in [0.2, 0.25) is 0 Å². The van der Waals surface area contributed by atoms with Crippen molar-refractivity contribution in [2.75, 3.05) is 7.11 Å². The number of nitrogens with zero attached hydrogens (tertiary/aromatic N) is 4. The third-order valence-corrected chi connectivity index (χ3v) is 4.54. The SMILES string of the molecule is COc1ccc(C2C(C#N)=C(N)N=C3SC(C#N)=C(N)N32)cc1. The van der Waals surface area contributed by atoms with Gasteiger partial charge in [-0.2, -0.15) is 10.5 Å². The first-order valence-corrected chi connectivity index (χ1v) is 7.41. The Morgan fingerprint density at radius 1 is 1.22 bits per heavy atom. The van der Waals surface area contributed by atoms with E-state index >= 15 is 0 Å². The second-order valence-corrected chi connectivity index (χ2v) is 5.76. The molecular weight excluding hydrogens is 312 g/mol. The maximum Gasteiger partial charge on any atom is 0.178 e. The van der Waals surface area contributed by atoms with Gasteiger partial charge in [0.05, 0.1) is 12.7 Å². The minimum absolute atomic E-state index is 0.138. The van der Waals surface area contributed by atoms with Crippen molar-refractivity contribution >= 4 is 16.9 Å². The number of aliphatic imine (C=N–C) groups is 1. The van der Waals surface area contributed by atoms with E-state index in [4.69, 9.17) is 16.2 Å². The number of benzene rings is 1. The van der Waals surface area contributed by atoms with Crippen molar-refractivity contribution in [1.82, 2.24) is 4.90 Å². The fraction of sp³-hybridized carbons (Fsp3) is 0.133. The van der Waals surface area contributed by atoms with Gasteiger partial charge in [-0.15, -0.1) is 0 Å². The van der Waals surface area contributed by atoms with Crippen molar-refractivity contribution in [3.05, 3.63) is 51.9 Å². The lowest BCUT2D eigenvalue weighted by Crippen LogP contribution is -2.37. The summed E-state index contributed by atoms with van der Waals surface area (Å²) in [7, 11) is 1.58. The number of nitrogens with two attached hydrogens (primary N) is 2. The van der Waals surface area contributed by atoms with Gasteiger partial charge in [0.2, 0.25) is 0 Å². The topological polar surface area (TPSA) is 124 Å². The monoisotopic (exact) mass is 324 g/mol. The molecule has 0 amide bonds. The van der Waals surface area contributed by atoms with Gasteiger partial charge in [-0.3, -0.25) is 4.90 Å². The smallest absolute Gasteiger partial charge is 0.178 e. The number of amidine groups is 1. The van der Waals surface area contributed by atoms with E-state index in [1.807, 2.05) is 18.2 Å². The maximum atomic E-state index is 9.49. The van der Waals surface area contributed by atoms with Crippen LogP contribution in [0.4, 0.5) is 0 Å². The molecule has 0 saturated heterocycles. The van der Waals surface area contributed by atoms with Gasteiger partial charge in [0.15, 0.2) is 5.17 Å². The molecule has 1 atom stereocenters. The predicted molar refractivity (Wildman–Crippen MR) is 86.3 cm³/mol. The van der Waals surface area contributed by atoms with Crippen LogP contribution in [0, 0.1) is 22.7 Å². The van der Waals surface area contributed by atoms with Crippen LogP contribution in [0.1, 0.15) is 11.6 Å². The van der Waals surface area contributed by atoms with Crippen LogP contribution in [-0.2, 0) is 0 Å². The van der Waals surface area contributed by atoms with Crippen LogP contribution in [0.25, 0.3) is 0 Å². The molecule has 0 saturated carbocycles. The summed E-state index contributed by atoms with van der Waals surface area (Å²) >= 11 is 1.15. The van der Waals surface area contributed by atoms with Gasteiger partial charge in [0.25, 0.3) is 0 Å². The summed E-state index contributed by atoms with van der Waals surface area (Å²) in [5, 5.41) is 19.2. The molecule has 0 bridgehead atoms. The number of rotatable bonds is 2. The number of allylic oxidation sites excluding steroid dienone is 1. The van der Waals surface area contributed by atoms with Gasteiger partial charge in [0.1, 0.15) is 40.5 Å². The number of ether oxygens (including phenoxy) is 1. The highest BCUT2D eigenvalue weighted by molar-refractivity contribution is 8.17. The van der Waals surface area contributed by atoms with Gasteiger partial charge in [-0.05, 0) is 29.5 Å². The van der Waals surface area contributed by atoms with Crippen molar-refractivity contribution in [2.24, 2.45) is 16.5 Å². The lowest BCUT2D eigenvalue weighted by Gasteiger charge is -2.33. The first-order chi connectivity index (χ1) is 11.1. The molecule has 1 aromatic carbocycles. The Morgan fingerprint density at radius 3 is 2.48 bits per heavy atom. The Labute approximate surface area is 137 Å². The van der Waals surface area contributed by atoms with E-state index in [0.29, 0.717) is 21.4 Å². The lowest BCUT2D eigenvalue weighted by molar-refractivity contribution is 0.411. The number of fused-ring (bicyclic) bond motifs is 1. The summed E-state index contributed by atoms with van der Waals surface area (Å²) in [5.74, 6) is 1.11. The quantitative estimate of drug-likeness (QED) is 0.844. The van der Waals surface area contributed by atoms with Gasteiger partial charge in [-0.25, -0.2) is 4.99 Å². The summed E-state index contributed by atoms with van der Waals surface area (Å²) < 4.78 is 5.15. The van der Waals surface area contributed by atoms with Crippen LogP contribution in [0.5, 0.6) is 5.75 Å². The van der Waals surface area contributed by atoms with Crippen LogP contribution < -0.4 is 16.2 Å². The molecule has 2 heterocycles. The second-order valence-electron chi connectivity index (χ2n) is 4.78. The van der Waals surface area contributed by atoms with Crippen molar-refractivity contribution < 1.29 is 4.74 Å². The van der Waals surface area contributed by atoms with Crippen LogP contribution in [-0.4, -0.2) is 17.2 Å². The third kappa shape index (κ3) is 2.26. The molecule has 1 unspecified atom stereocenters. The molecule has 3 rings (SSSR count). The molecule has 114 valence electrons. The van der Waals surface area contributed by atoms with Crippen molar-refractivity contribution in [2.45, 2.75) is 6.04 Å². The molecule has 0 fully saturated rings. The highest BCUT2D eigenvalue weighted by Gasteiger charge is 2.40. The molecule has 2 aliphatic heterocycles. The Kier molecular flexibility index (Phi) is 3.61. The first kappa shape index (κ1) is 14.8. The van der Waals surface area contributed by atoms with E-state index in [9.17, 15) is 10.5 Å². The fourth-order valence-electron chi connectivity index (χ4n) is 2.46. The first-order valence-electron chi connectivity index (χ1n) is 6.60. The number of hydrogen-bond donors (Lipinski definition) is 2. The van der Waals surface area contributed by atoms with Crippen molar-refractivity contribution in [1.29, 1.82) is 10.5 Å². The zero-order valence-corrected chi connectivity index (χ0v) is 13.0. The summed E-state index contributed by atoms with van der Waals surface area (Å²) in [6, 6.07) is 10.9. The van der Waals surface area contributed by atoms with Crippen molar-refractivity contribution in [3.63, 3.8) is 0 Å². The minimum Gasteiger partial charge on any atom is -0.497 e. The zero-order chi connectivity index (χ0) is 16.6. The summed E-state index contributed by atoms with van der Waals surface area (Å²) in [6.07, 6.45) is 0. The lowest BCUT2D eigenvalue weighted by atomic mass is 9.97. The van der Waals surface area contributed by atoms with Crippen LogP contribution in [0.3, 0.4) is 0 Å². The van der Waals surface area contributed by atoms with E-state index in [0.717, 1.165) is 17.3 Å². The molecule has 2 aliphatic rings. The highest BCUT2D eigenvalue weighted by Crippen LogP contribution is 2.44. The standard InChI is InChI=1S/C15H12N6OS/c1-22-9-4-2-8(3-5-9)12-10(6-16)13(18)20-15-21(12)14(19)11(7-17)23-15/h2-5,12H,18-19H2,1H3. The molecule has 0 aromatic heterocycles. The molecule has 8 heteroatoms. The average molecular weight is 324 g/mol. The molecule has 0 aliphatic carbocycles. The van der Waals surface area contributed by atoms with E-state index in [-0.39, 0.29) is 11.6 Å². The molecule has 0 spiro atoms. The third-order valence-electron chi connectivity index (χ3n) is 3.57. The van der Waals surface area contributed by atoms with Gasteiger partial charge in [0, 0.05) is 0 Å². The normalized spacial score (nSPS) is 19.9. The van der Waals surface area contributed by atoms with Crippen molar-refractivity contribution in [3.8, 4) is 17.9 Å². The molecule has 23 heavy (non-hydrogen) atoms. The van der Waals surface area contributed by atoms with E-state index < -0.39 is 6.04 Å². The van der Waals surface area contributed by atoms with E-state index in [2.05, 4.69) is 11.1 Å². The predicted octanol–water partition coefficient (Wildman–Crippen LogP) is 1.50. The fourth-order valence-corrected chi connectivity index (χ4v) is 3.34. The van der Waals surface area contributed by atoms with Gasteiger partial charge in [-0.1, -0.05) is 12.1 Å². The molecule has 0 radical (unpaired) electrons. The zero-order valence-electron chi connectivity index (χ0n) is 12.1. The van der Waals surface area contributed by atoms with E-state index in [1.165, 1.54) is 0 Å². The second kappa shape index (κ2) is 5.59. The number of nitriles is 2. The molecule has 7 nitrogen and oxygen atoms in total. The Morgan fingerprint density at radius 2 is 1.91 bits per heavy atom. The highest BCUT2D eigenvalue weighted by atomic mass is 32.2. The average Bonchev–Trinajstić information content (AvgIpc) is 2.89.